The van der Waals surface area contributed by atoms with Crippen LogP contribution in [0.15, 0.2) is 0 Å². The molecule has 1 heterocycles. The van der Waals surface area contributed by atoms with E-state index in [1.807, 2.05) is 0 Å². The lowest BCUT2D eigenvalue weighted by Crippen LogP contribution is -2.32. The molecule has 0 aromatic rings. The molecule has 2 N–H and O–H groups in total. The third-order valence-corrected chi connectivity index (χ3v) is 2.00. The highest BCUT2D eigenvalue weighted by Gasteiger charge is 2.40. The van der Waals surface area contributed by atoms with Gasteiger partial charge < -0.3 is 19.7 Å². The average molecular weight is 170 g/mol. The zero-order chi connectivity index (χ0) is 9.30. The fourth-order valence-corrected chi connectivity index (χ4v) is 1.30. The van der Waals surface area contributed by atoms with Crippen LogP contribution >= 0.6 is 0 Å². The monoisotopic (exact) mass is 170 g/mol. The number of hydrogen-bond acceptors (Lipinski definition) is 4. The van der Waals surface area contributed by atoms with Crippen molar-refractivity contribution >= 4 is 13.5 Å². The first-order valence-corrected chi connectivity index (χ1v) is 3.82. The van der Waals surface area contributed by atoms with E-state index in [2.05, 4.69) is 0 Å². The molecule has 1 saturated heterocycles. The molecule has 1 aliphatic rings. The number of aliphatic hydroxyl groups excluding tert-OH is 2. The van der Waals surface area contributed by atoms with Crippen molar-refractivity contribution in [3.05, 3.63) is 0 Å². The fraction of sp³-hybridized carbons (Fsp3) is 0.857. The lowest BCUT2D eigenvalue weighted by molar-refractivity contribution is -0.115. The Labute approximate surface area is 71.9 Å². The molecule has 12 heavy (non-hydrogen) atoms. The van der Waals surface area contributed by atoms with E-state index >= 15 is 0 Å². The smallest absolute Gasteiger partial charge is 0.167 e. The number of hydrogen-bond donors (Lipinski definition) is 2. The average Bonchev–Trinajstić information content (AvgIpc) is 2.17. The number of carbonyl (C=O) groups is 1. The maximum atomic E-state index is 10.5. The predicted octanol–water partition coefficient (Wildman–Crippen LogP) is -1.42. The first-order chi connectivity index (χ1) is 5.52. The Morgan fingerprint density at radius 3 is 2.42 bits per heavy atom. The van der Waals surface area contributed by atoms with Crippen molar-refractivity contribution in [2.24, 2.45) is 0 Å². The first-order valence-electron chi connectivity index (χ1n) is 3.82. The van der Waals surface area contributed by atoms with Crippen molar-refractivity contribution in [1.82, 2.24) is 0 Å². The van der Waals surface area contributed by atoms with Gasteiger partial charge in [-0.05, 0) is 6.92 Å². The molecule has 0 amide bonds. The second-order valence-electron chi connectivity index (χ2n) is 3.03. The molecule has 5 heteroatoms. The molecule has 0 saturated carbocycles. The summed E-state index contributed by atoms with van der Waals surface area (Å²) < 4.78 is 5.10. The molecule has 2 unspecified atom stereocenters. The summed E-state index contributed by atoms with van der Waals surface area (Å²) in [6, 6.07) is 0. The Morgan fingerprint density at radius 1 is 1.50 bits per heavy atom. The van der Waals surface area contributed by atoms with Crippen molar-refractivity contribution < 1.29 is 19.7 Å². The van der Waals surface area contributed by atoms with Gasteiger partial charge in [-0.3, -0.25) is 0 Å². The predicted molar refractivity (Wildman–Crippen MR) is 41.7 cm³/mol. The lowest BCUT2D eigenvalue weighted by atomic mass is 9.94. The topological polar surface area (TPSA) is 66.8 Å². The van der Waals surface area contributed by atoms with Crippen LogP contribution in [-0.4, -0.2) is 48.2 Å². The highest BCUT2D eigenvalue weighted by atomic mass is 16.5. The van der Waals surface area contributed by atoms with Gasteiger partial charge in [-0.2, -0.15) is 0 Å². The molecule has 2 radical (unpaired) electrons. The maximum Gasteiger partial charge on any atom is 0.167 e. The summed E-state index contributed by atoms with van der Waals surface area (Å²) in [7, 11) is 4.91. The van der Waals surface area contributed by atoms with Gasteiger partial charge in [0.25, 0.3) is 0 Å². The molecule has 1 aliphatic heterocycles. The lowest BCUT2D eigenvalue weighted by Gasteiger charge is -2.12. The van der Waals surface area contributed by atoms with Crippen molar-refractivity contribution in [2.75, 3.05) is 0 Å². The summed E-state index contributed by atoms with van der Waals surface area (Å²) in [5, 5.41) is 18.5. The molecular weight excluding hydrogens is 159 g/mol. The summed E-state index contributed by atoms with van der Waals surface area (Å²) in [5.41, 5.74) is -0.541. The van der Waals surface area contributed by atoms with Crippen LogP contribution in [0.25, 0.3) is 0 Å². The van der Waals surface area contributed by atoms with Gasteiger partial charge in [0, 0.05) is 6.42 Å². The van der Waals surface area contributed by atoms with Crippen LogP contribution in [0.5, 0.6) is 0 Å². The van der Waals surface area contributed by atoms with Crippen LogP contribution < -0.4 is 0 Å². The van der Waals surface area contributed by atoms with Crippen LogP contribution in [0.2, 0.25) is 0 Å². The Morgan fingerprint density at radius 2 is 2.08 bits per heavy atom. The van der Waals surface area contributed by atoms with E-state index in [1.165, 1.54) is 0 Å². The van der Waals surface area contributed by atoms with Crippen molar-refractivity contribution in [3.8, 4) is 0 Å². The SMILES string of the molecule is [B]C(=O)C[C@H]1O[C@@H](C)C(O)C1O. The number of ether oxygens (including phenoxy) is 1. The fourth-order valence-electron chi connectivity index (χ4n) is 1.30. The Kier molecular flexibility index (Phi) is 2.87. The molecule has 0 bridgehead atoms. The van der Waals surface area contributed by atoms with Gasteiger partial charge in [-0.25, -0.2) is 0 Å². The molecule has 1 rings (SSSR count). The van der Waals surface area contributed by atoms with Crippen LogP contribution in [0.3, 0.4) is 0 Å². The number of carbonyl (C=O) groups excluding carboxylic acids is 1. The molecule has 0 aromatic carbocycles. The molecule has 0 spiro atoms. The first kappa shape index (κ1) is 9.70. The summed E-state index contributed by atoms with van der Waals surface area (Å²) in [4.78, 5) is 10.5. The quantitative estimate of drug-likeness (QED) is 0.499. The van der Waals surface area contributed by atoms with E-state index in [4.69, 9.17) is 12.6 Å². The highest BCUT2D eigenvalue weighted by Crippen LogP contribution is 2.22. The second kappa shape index (κ2) is 3.55. The third-order valence-electron chi connectivity index (χ3n) is 2.00. The molecule has 66 valence electrons. The molecule has 0 aromatic heterocycles. The molecule has 1 fully saturated rings. The summed E-state index contributed by atoms with van der Waals surface area (Å²) >= 11 is 0. The normalized spacial score (nSPS) is 41.6. The van der Waals surface area contributed by atoms with Crippen LogP contribution in [0.4, 0.5) is 0 Å². The van der Waals surface area contributed by atoms with Crippen molar-refractivity contribution in [1.29, 1.82) is 0 Å². The van der Waals surface area contributed by atoms with E-state index in [0.717, 1.165) is 0 Å². The van der Waals surface area contributed by atoms with E-state index < -0.39 is 30.1 Å². The largest absolute Gasteiger partial charge is 0.388 e. The van der Waals surface area contributed by atoms with Crippen LogP contribution in [0, 0.1) is 0 Å². The zero-order valence-electron chi connectivity index (χ0n) is 6.80. The maximum absolute atomic E-state index is 10.5. The summed E-state index contributed by atoms with van der Waals surface area (Å²) in [6.45, 7) is 1.63. The molecular formula is C7H11BO4. The van der Waals surface area contributed by atoms with Gasteiger partial charge >= 0.3 is 0 Å². The minimum absolute atomic E-state index is 0.0530. The number of aliphatic hydroxyl groups is 2. The van der Waals surface area contributed by atoms with Gasteiger partial charge in [0.15, 0.2) is 7.85 Å². The van der Waals surface area contributed by atoms with Gasteiger partial charge in [0.2, 0.25) is 0 Å². The Balaban J connectivity index is 2.52. The van der Waals surface area contributed by atoms with E-state index in [1.54, 1.807) is 6.92 Å². The minimum Gasteiger partial charge on any atom is -0.388 e. The highest BCUT2D eigenvalue weighted by molar-refractivity contribution is 6.57. The molecule has 0 aliphatic carbocycles. The summed E-state index contributed by atoms with van der Waals surface area (Å²) in [6.07, 6.45) is -3.08. The van der Waals surface area contributed by atoms with Crippen molar-refractivity contribution in [2.45, 2.75) is 37.8 Å². The number of rotatable bonds is 2. The van der Waals surface area contributed by atoms with E-state index in [0.29, 0.717) is 0 Å². The van der Waals surface area contributed by atoms with Gasteiger partial charge in [-0.15, -0.1) is 0 Å². The summed E-state index contributed by atoms with van der Waals surface area (Å²) in [5.74, 6) is 0. The van der Waals surface area contributed by atoms with Crippen molar-refractivity contribution in [3.63, 3.8) is 0 Å². The van der Waals surface area contributed by atoms with Gasteiger partial charge in [0.05, 0.1) is 17.9 Å². The van der Waals surface area contributed by atoms with E-state index in [9.17, 15) is 15.0 Å². The van der Waals surface area contributed by atoms with Gasteiger partial charge in [-0.1, -0.05) is 0 Å². The van der Waals surface area contributed by atoms with Gasteiger partial charge in [0.1, 0.15) is 12.2 Å². The van der Waals surface area contributed by atoms with E-state index in [-0.39, 0.29) is 6.42 Å². The minimum atomic E-state index is -1.01. The molecule has 4 nitrogen and oxygen atoms in total. The Hall–Kier alpha value is -0.385. The molecule has 4 atom stereocenters. The zero-order valence-corrected chi connectivity index (χ0v) is 6.80. The van der Waals surface area contributed by atoms with Crippen LogP contribution in [-0.2, 0) is 9.53 Å². The Bertz CT molecular complexity index is 184. The second-order valence-corrected chi connectivity index (χ2v) is 3.03. The third kappa shape index (κ3) is 1.85. The standard InChI is InChI=1S/C7H11BO4/c1-3-6(10)7(11)4(12-3)2-5(8)9/h3-4,6-7,10-11H,2H2,1H3/t3-,4+,6?,7?/m0/s1. The van der Waals surface area contributed by atoms with Crippen LogP contribution in [0.1, 0.15) is 13.3 Å².